The molecule has 0 aromatic heterocycles. The van der Waals surface area contributed by atoms with Crippen molar-refractivity contribution < 1.29 is 14.3 Å². The quantitative estimate of drug-likeness (QED) is 0.835. The number of piperazine rings is 1. The lowest BCUT2D eigenvalue weighted by atomic mass is 10.1. The lowest BCUT2D eigenvalue weighted by molar-refractivity contribution is -0.139. The number of anilines is 1. The smallest absolute Gasteiger partial charge is 0.327 e. The highest BCUT2D eigenvalue weighted by atomic mass is 19.1. The Morgan fingerprint density at radius 1 is 1.35 bits per heavy atom. The van der Waals surface area contributed by atoms with Gasteiger partial charge in [0, 0.05) is 25.3 Å². The van der Waals surface area contributed by atoms with E-state index >= 15 is 0 Å². The van der Waals surface area contributed by atoms with Crippen molar-refractivity contribution in [2.24, 2.45) is 0 Å². The molecule has 1 unspecified atom stereocenters. The molecule has 1 heterocycles. The van der Waals surface area contributed by atoms with Crippen molar-refractivity contribution in [3.63, 3.8) is 0 Å². The highest BCUT2D eigenvalue weighted by Crippen LogP contribution is 2.20. The molecule has 4 nitrogen and oxygen atoms in total. The van der Waals surface area contributed by atoms with E-state index in [1.54, 1.807) is 12.1 Å². The highest BCUT2D eigenvalue weighted by molar-refractivity contribution is 5.78. The Morgan fingerprint density at radius 3 is 2.59 bits per heavy atom. The maximum atomic E-state index is 12.8. The van der Waals surface area contributed by atoms with Gasteiger partial charge in [0.2, 0.25) is 0 Å². The molecule has 1 aliphatic heterocycles. The van der Waals surface area contributed by atoms with Gasteiger partial charge >= 0.3 is 5.97 Å². The third-order valence-corrected chi connectivity index (χ3v) is 3.03. The van der Waals surface area contributed by atoms with Gasteiger partial charge in [0.05, 0.1) is 0 Å². The molecule has 2 rings (SSSR count). The lowest BCUT2D eigenvalue weighted by Crippen LogP contribution is -2.55. The van der Waals surface area contributed by atoms with Crippen molar-refractivity contribution >= 4 is 11.7 Å². The number of rotatable bonds is 2. The second-order valence-corrected chi connectivity index (χ2v) is 4.29. The zero-order valence-electron chi connectivity index (χ0n) is 9.64. The summed E-state index contributed by atoms with van der Waals surface area (Å²) in [6.07, 6.45) is 0. The minimum absolute atomic E-state index is 0.310. The van der Waals surface area contributed by atoms with Crippen LogP contribution in [0.2, 0.25) is 0 Å². The summed E-state index contributed by atoms with van der Waals surface area (Å²) < 4.78 is 12.8. The van der Waals surface area contributed by atoms with Crippen LogP contribution in [-0.4, -0.2) is 48.7 Å². The number of hydrogen-bond acceptors (Lipinski definition) is 3. The monoisotopic (exact) mass is 238 g/mol. The number of carboxylic acids is 1. The second-order valence-electron chi connectivity index (χ2n) is 4.29. The Bertz CT molecular complexity index is 407. The average molecular weight is 238 g/mol. The fourth-order valence-corrected chi connectivity index (χ4v) is 2.07. The average Bonchev–Trinajstić information content (AvgIpc) is 2.30. The maximum absolute atomic E-state index is 12.8. The first-order chi connectivity index (χ1) is 8.08. The molecule has 1 aromatic rings. The molecule has 5 heteroatoms. The van der Waals surface area contributed by atoms with Gasteiger partial charge in [0.15, 0.2) is 0 Å². The van der Waals surface area contributed by atoms with Gasteiger partial charge in [-0.05, 0) is 31.3 Å². The zero-order chi connectivity index (χ0) is 12.4. The number of likely N-dealkylation sites (N-methyl/N-ethyl adjacent to an activating group) is 1. The van der Waals surface area contributed by atoms with Crippen molar-refractivity contribution in [3.05, 3.63) is 30.1 Å². The summed E-state index contributed by atoms with van der Waals surface area (Å²) in [6.45, 7) is 1.92. The molecule has 1 aliphatic rings. The Kier molecular flexibility index (Phi) is 3.28. The van der Waals surface area contributed by atoms with E-state index in [1.165, 1.54) is 12.1 Å². The van der Waals surface area contributed by atoms with Crippen molar-refractivity contribution in [1.82, 2.24) is 4.90 Å². The number of hydrogen-bond donors (Lipinski definition) is 1. The summed E-state index contributed by atoms with van der Waals surface area (Å²) in [6, 6.07) is 5.38. The van der Waals surface area contributed by atoms with Gasteiger partial charge in [-0.2, -0.15) is 0 Å². The van der Waals surface area contributed by atoms with Gasteiger partial charge in [0.1, 0.15) is 11.9 Å². The zero-order valence-corrected chi connectivity index (χ0v) is 9.64. The van der Waals surface area contributed by atoms with Crippen LogP contribution in [0.25, 0.3) is 0 Å². The van der Waals surface area contributed by atoms with E-state index in [4.69, 9.17) is 0 Å². The summed E-state index contributed by atoms with van der Waals surface area (Å²) in [7, 11) is 1.90. The topological polar surface area (TPSA) is 43.8 Å². The SMILES string of the molecule is CN1CCN(c2ccc(F)cc2)C(C(=O)O)C1. The maximum Gasteiger partial charge on any atom is 0.327 e. The fraction of sp³-hybridized carbons (Fsp3) is 0.417. The molecular formula is C12H15FN2O2. The molecule has 92 valence electrons. The number of carboxylic acid groups (broad SMARTS) is 1. The molecule has 0 bridgehead atoms. The Labute approximate surface area is 99.3 Å². The first-order valence-electron chi connectivity index (χ1n) is 5.51. The molecule has 17 heavy (non-hydrogen) atoms. The van der Waals surface area contributed by atoms with Crippen molar-refractivity contribution in [1.29, 1.82) is 0 Å². The van der Waals surface area contributed by atoms with Crippen LogP contribution in [0, 0.1) is 5.82 Å². The van der Waals surface area contributed by atoms with Crippen LogP contribution in [0.5, 0.6) is 0 Å². The number of halogens is 1. The molecule has 1 aromatic carbocycles. The van der Waals surface area contributed by atoms with Gasteiger partial charge < -0.3 is 14.9 Å². The number of nitrogens with zero attached hydrogens (tertiary/aromatic N) is 2. The molecule has 1 saturated heterocycles. The Hall–Kier alpha value is -1.62. The predicted molar refractivity (Wildman–Crippen MR) is 62.7 cm³/mol. The van der Waals surface area contributed by atoms with E-state index in [2.05, 4.69) is 0 Å². The third-order valence-electron chi connectivity index (χ3n) is 3.03. The van der Waals surface area contributed by atoms with Crippen LogP contribution in [0.1, 0.15) is 0 Å². The minimum atomic E-state index is -0.846. The molecule has 1 atom stereocenters. The lowest BCUT2D eigenvalue weighted by Gasteiger charge is -2.39. The standard InChI is InChI=1S/C12H15FN2O2/c1-14-6-7-15(11(8-14)12(16)17)10-4-2-9(13)3-5-10/h2-5,11H,6-8H2,1H3,(H,16,17). The first kappa shape index (κ1) is 11.9. The van der Waals surface area contributed by atoms with Gasteiger partial charge in [-0.1, -0.05) is 0 Å². The Balaban J connectivity index is 2.23. The van der Waals surface area contributed by atoms with Gasteiger partial charge in [0.25, 0.3) is 0 Å². The van der Waals surface area contributed by atoms with E-state index in [0.717, 1.165) is 12.2 Å². The molecule has 0 saturated carbocycles. The van der Waals surface area contributed by atoms with Crippen LogP contribution in [0.15, 0.2) is 24.3 Å². The fourth-order valence-electron chi connectivity index (χ4n) is 2.07. The summed E-state index contributed by atoms with van der Waals surface area (Å²) in [5.41, 5.74) is 0.756. The van der Waals surface area contributed by atoms with E-state index in [-0.39, 0.29) is 5.82 Å². The molecule has 0 radical (unpaired) electrons. The van der Waals surface area contributed by atoms with E-state index in [1.807, 2.05) is 16.8 Å². The molecule has 1 N–H and O–H groups in total. The van der Waals surface area contributed by atoms with Gasteiger partial charge in [-0.15, -0.1) is 0 Å². The molecule has 0 spiro atoms. The Morgan fingerprint density at radius 2 is 2.00 bits per heavy atom. The van der Waals surface area contributed by atoms with Gasteiger partial charge in [-0.3, -0.25) is 0 Å². The molecule has 1 fully saturated rings. The van der Waals surface area contributed by atoms with Gasteiger partial charge in [-0.25, -0.2) is 9.18 Å². The number of aliphatic carboxylic acids is 1. The normalized spacial score (nSPS) is 21.5. The summed E-state index contributed by atoms with van der Waals surface area (Å²) in [4.78, 5) is 15.0. The van der Waals surface area contributed by atoms with Crippen LogP contribution >= 0.6 is 0 Å². The van der Waals surface area contributed by atoms with Crippen molar-refractivity contribution in [2.45, 2.75) is 6.04 Å². The summed E-state index contributed by atoms with van der Waals surface area (Å²) >= 11 is 0. The number of carbonyl (C=O) groups is 1. The summed E-state index contributed by atoms with van der Waals surface area (Å²) in [5.74, 6) is -1.16. The molecule has 0 amide bonds. The minimum Gasteiger partial charge on any atom is -0.480 e. The van der Waals surface area contributed by atoms with E-state index in [9.17, 15) is 14.3 Å². The number of benzene rings is 1. The van der Waals surface area contributed by atoms with Crippen LogP contribution in [0.4, 0.5) is 10.1 Å². The van der Waals surface area contributed by atoms with Crippen LogP contribution in [0.3, 0.4) is 0 Å². The van der Waals surface area contributed by atoms with Crippen LogP contribution in [-0.2, 0) is 4.79 Å². The molecule has 0 aliphatic carbocycles. The molecular weight excluding hydrogens is 223 g/mol. The van der Waals surface area contributed by atoms with Crippen molar-refractivity contribution in [3.8, 4) is 0 Å². The van der Waals surface area contributed by atoms with Crippen molar-refractivity contribution in [2.75, 3.05) is 31.6 Å². The third kappa shape index (κ3) is 2.55. The predicted octanol–water partition coefficient (Wildman–Crippen LogP) is 1.03. The van der Waals surface area contributed by atoms with Crippen LogP contribution < -0.4 is 4.90 Å². The summed E-state index contributed by atoms with van der Waals surface area (Å²) in [5, 5.41) is 9.20. The van der Waals surface area contributed by atoms with E-state index in [0.29, 0.717) is 13.1 Å². The second kappa shape index (κ2) is 4.71. The first-order valence-corrected chi connectivity index (χ1v) is 5.51. The largest absolute Gasteiger partial charge is 0.480 e. The highest BCUT2D eigenvalue weighted by Gasteiger charge is 2.30. The van der Waals surface area contributed by atoms with E-state index < -0.39 is 12.0 Å².